The van der Waals surface area contributed by atoms with Crippen LogP contribution in [0.3, 0.4) is 0 Å². The summed E-state index contributed by atoms with van der Waals surface area (Å²) >= 11 is 1.37. The summed E-state index contributed by atoms with van der Waals surface area (Å²) in [7, 11) is 0. The molecule has 1 aliphatic heterocycles. The van der Waals surface area contributed by atoms with Gasteiger partial charge < -0.3 is 10.6 Å². The Balaban J connectivity index is 1.25. The zero-order chi connectivity index (χ0) is 24.6. The second-order valence-electron chi connectivity index (χ2n) is 8.85. The van der Waals surface area contributed by atoms with Gasteiger partial charge in [0.2, 0.25) is 5.91 Å². The number of thiazole rings is 1. The van der Waals surface area contributed by atoms with Crippen molar-refractivity contribution in [3.8, 4) is 0 Å². The number of amides is 4. The van der Waals surface area contributed by atoms with E-state index in [1.165, 1.54) is 16.9 Å². The molecule has 0 saturated carbocycles. The van der Waals surface area contributed by atoms with Gasteiger partial charge in [-0.1, -0.05) is 66.2 Å². The van der Waals surface area contributed by atoms with Crippen LogP contribution in [0, 0.1) is 6.92 Å². The number of fused-ring (bicyclic) bond motifs is 1. The van der Waals surface area contributed by atoms with Crippen molar-refractivity contribution in [1.29, 1.82) is 0 Å². The van der Waals surface area contributed by atoms with Gasteiger partial charge in [-0.05, 0) is 41.8 Å². The van der Waals surface area contributed by atoms with Crippen molar-refractivity contribution in [3.05, 3.63) is 94.5 Å². The normalized spacial score (nSPS) is 17.6. The van der Waals surface area contributed by atoms with Crippen molar-refractivity contribution in [3.63, 3.8) is 0 Å². The van der Waals surface area contributed by atoms with Gasteiger partial charge in [-0.3, -0.25) is 14.5 Å². The van der Waals surface area contributed by atoms with Crippen LogP contribution in [0.15, 0.2) is 72.9 Å². The number of urea groups is 1. The Hall–Kier alpha value is -4.04. The van der Waals surface area contributed by atoms with E-state index in [0.717, 1.165) is 26.1 Å². The number of rotatable bonds is 6. The summed E-state index contributed by atoms with van der Waals surface area (Å²) in [5, 5.41) is 7.91. The lowest BCUT2D eigenvalue weighted by Gasteiger charge is -2.22. The average molecular weight is 485 g/mol. The highest BCUT2D eigenvalue weighted by molar-refractivity contribution is 7.15. The van der Waals surface area contributed by atoms with Gasteiger partial charge in [0.15, 0.2) is 5.13 Å². The third-order valence-electron chi connectivity index (χ3n) is 6.20. The predicted octanol–water partition coefficient (Wildman–Crippen LogP) is 4.60. The Kier molecular flexibility index (Phi) is 5.82. The molecule has 0 bridgehead atoms. The lowest BCUT2D eigenvalue weighted by Crippen LogP contribution is -2.42. The Morgan fingerprint density at radius 1 is 1.06 bits per heavy atom. The molecule has 4 amide bonds. The number of aromatic nitrogens is 1. The van der Waals surface area contributed by atoms with E-state index in [1.54, 1.807) is 13.1 Å². The third kappa shape index (κ3) is 4.52. The molecule has 1 atom stereocenters. The monoisotopic (exact) mass is 484 g/mol. The van der Waals surface area contributed by atoms with Crippen molar-refractivity contribution in [1.82, 2.24) is 15.2 Å². The standard InChI is InChI=1S/C27H24N4O3S/c1-17-7-9-18(10-8-17)13-22-15-28-25(35-22)29-23(32)16-31-24(33)27(2,30-26(31)34)21-12-11-19-5-3-4-6-20(19)14-21/h3-12,14-15H,13,16H2,1-2H3,(H,30,34)(H,28,29,32). The predicted molar refractivity (Wildman–Crippen MR) is 136 cm³/mol. The van der Waals surface area contributed by atoms with Gasteiger partial charge in [0.1, 0.15) is 12.1 Å². The van der Waals surface area contributed by atoms with Crippen molar-refractivity contribution >= 4 is 45.1 Å². The molecule has 7 nitrogen and oxygen atoms in total. The molecule has 5 rings (SSSR count). The van der Waals surface area contributed by atoms with Gasteiger partial charge in [-0.2, -0.15) is 0 Å². The van der Waals surface area contributed by atoms with Gasteiger partial charge >= 0.3 is 6.03 Å². The van der Waals surface area contributed by atoms with Crippen molar-refractivity contribution in [2.24, 2.45) is 0 Å². The van der Waals surface area contributed by atoms with Crippen LogP contribution in [0.4, 0.5) is 9.93 Å². The van der Waals surface area contributed by atoms with E-state index in [2.05, 4.69) is 39.9 Å². The summed E-state index contributed by atoms with van der Waals surface area (Å²) in [5.74, 6) is -0.945. The topological polar surface area (TPSA) is 91.4 Å². The van der Waals surface area contributed by atoms with Gasteiger partial charge in [-0.25, -0.2) is 9.78 Å². The van der Waals surface area contributed by atoms with Crippen LogP contribution in [-0.4, -0.2) is 34.3 Å². The minimum atomic E-state index is -1.25. The fraction of sp³-hybridized carbons (Fsp3) is 0.185. The number of imide groups is 1. The van der Waals surface area contributed by atoms with E-state index >= 15 is 0 Å². The highest BCUT2D eigenvalue weighted by Gasteiger charge is 2.49. The lowest BCUT2D eigenvalue weighted by atomic mass is 9.90. The number of hydrogen-bond donors (Lipinski definition) is 2. The first-order chi connectivity index (χ1) is 16.8. The molecular weight excluding hydrogens is 460 g/mol. The Morgan fingerprint density at radius 2 is 1.80 bits per heavy atom. The van der Waals surface area contributed by atoms with Crippen molar-refractivity contribution in [2.75, 3.05) is 11.9 Å². The van der Waals surface area contributed by atoms with E-state index in [1.807, 2.05) is 49.4 Å². The first kappa shape index (κ1) is 22.7. The van der Waals surface area contributed by atoms with E-state index in [0.29, 0.717) is 17.1 Å². The van der Waals surface area contributed by atoms with Crippen LogP contribution in [0.1, 0.15) is 28.5 Å². The number of hydrogen-bond acceptors (Lipinski definition) is 5. The van der Waals surface area contributed by atoms with Gasteiger partial charge in [-0.15, -0.1) is 11.3 Å². The number of anilines is 1. The maximum absolute atomic E-state index is 13.2. The summed E-state index contributed by atoms with van der Waals surface area (Å²) in [6, 6.07) is 21.1. The Bertz CT molecular complexity index is 1450. The molecule has 1 aliphatic rings. The minimum Gasteiger partial charge on any atom is -0.319 e. The van der Waals surface area contributed by atoms with Crippen LogP contribution < -0.4 is 10.6 Å². The van der Waals surface area contributed by atoms with Crippen molar-refractivity contribution < 1.29 is 14.4 Å². The van der Waals surface area contributed by atoms with Crippen LogP contribution in [0.25, 0.3) is 10.8 Å². The molecule has 2 N–H and O–H groups in total. The molecular formula is C27H24N4O3S. The molecule has 1 fully saturated rings. The second kappa shape index (κ2) is 8.96. The number of benzene rings is 3. The molecule has 0 aliphatic carbocycles. The highest BCUT2D eigenvalue weighted by atomic mass is 32.1. The summed E-state index contributed by atoms with van der Waals surface area (Å²) in [6.45, 7) is 3.31. The third-order valence-corrected chi connectivity index (χ3v) is 7.12. The molecule has 0 radical (unpaired) electrons. The van der Waals surface area contributed by atoms with Crippen LogP contribution >= 0.6 is 11.3 Å². The zero-order valence-corrected chi connectivity index (χ0v) is 20.2. The average Bonchev–Trinajstić information content (AvgIpc) is 3.37. The fourth-order valence-corrected chi connectivity index (χ4v) is 5.06. The number of nitrogens with zero attached hydrogens (tertiary/aromatic N) is 2. The molecule has 8 heteroatoms. The molecule has 1 unspecified atom stereocenters. The number of carbonyl (C=O) groups excluding carboxylic acids is 3. The highest BCUT2D eigenvalue weighted by Crippen LogP contribution is 2.31. The number of carbonyl (C=O) groups is 3. The molecule has 35 heavy (non-hydrogen) atoms. The Morgan fingerprint density at radius 3 is 2.57 bits per heavy atom. The fourth-order valence-electron chi connectivity index (χ4n) is 4.19. The molecule has 176 valence electrons. The summed E-state index contributed by atoms with van der Waals surface area (Å²) in [6.07, 6.45) is 2.44. The van der Waals surface area contributed by atoms with Crippen LogP contribution in [0.5, 0.6) is 0 Å². The summed E-state index contributed by atoms with van der Waals surface area (Å²) in [5.41, 5.74) is 1.77. The summed E-state index contributed by atoms with van der Waals surface area (Å²) < 4.78 is 0. The smallest absolute Gasteiger partial charge is 0.319 e. The maximum Gasteiger partial charge on any atom is 0.325 e. The Labute approximate surface area is 206 Å². The van der Waals surface area contributed by atoms with E-state index in [4.69, 9.17) is 0 Å². The summed E-state index contributed by atoms with van der Waals surface area (Å²) in [4.78, 5) is 44.8. The molecule has 2 heterocycles. The molecule has 1 aromatic heterocycles. The van der Waals surface area contributed by atoms with E-state index < -0.39 is 23.4 Å². The quantitative estimate of drug-likeness (QED) is 0.391. The first-order valence-electron chi connectivity index (χ1n) is 11.3. The van der Waals surface area contributed by atoms with Crippen molar-refractivity contribution in [2.45, 2.75) is 25.8 Å². The van der Waals surface area contributed by atoms with E-state index in [9.17, 15) is 14.4 Å². The molecule has 4 aromatic rings. The molecule has 0 spiro atoms. The number of aryl methyl sites for hydroxylation is 1. The van der Waals surface area contributed by atoms with Crippen LogP contribution in [-0.2, 0) is 21.5 Å². The lowest BCUT2D eigenvalue weighted by molar-refractivity contribution is -0.133. The van der Waals surface area contributed by atoms with Gasteiger partial charge in [0.25, 0.3) is 5.91 Å². The van der Waals surface area contributed by atoms with Gasteiger partial charge in [0, 0.05) is 17.5 Å². The first-order valence-corrected chi connectivity index (χ1v) is 12.1. The SMILES string of the molecule is Cc1ccc(Cc2cnc(NC(=O)CN3C(=O)NC(C)(c4ccc5ccccc5c4)C3=O)s2)cc1. The zero-order valence-electron chi connectivity index (χ0n) is 19.4. The second-order valence-corrected chi connectivity index (χ2v) is 9.97. The van der Waals surface area contributed by atoms with Gasteiger partial charge in [0.05, 0.1) is 0 Å². The molecule has 3 aromatic carbocycles. The maximum atomic E-state index is 13.2. The van der Waals surface area contributed by atoms with Crippen LogP contribution in [0.2, 0.25) is 0 Å². The minimum absolute atomic E-state index is 0.388. The van der Waals surface area contributed by atoms with E-state index in [-0.39, 0.29) is 6.54 Å². The largest absolute Gasteiger partial charge is 0.325 e. The number of nitrogens with one attached hydrogen (secondary N) is 2. The molecule has 1 saturated heterocycles.